The average Bonchev–Trinajstić information content (AvgIpc) is 2.30. The molecule has 3 N–H and O–H groups in total. The third-order valence-corrected chi connectivity index (χ3v) is 2.01. The Kier molecular flexibility index (Phi) is 3.59. The van der Waals surface area contributed by atoms with Gasteiger partial charge in [0.15, 0.2) is 0 Å². The Morgan fingerprint density at radius 1 is 1.12 bits per heavy atom. The third-order valence-electron chi connectivity index (χ3n) is 2.01. The van der Waals surface area contributed by atoms with Crippen molar-refractivity contribution in [1.82, 2.24) is 4.98 Å². The molecule has 0 aliphatic carbocycles. The summed E-state index contributed by atoms with van der Waals surface area (Å²) in [6.07, 6.45) is 1.68. The quantitative estimate of drug-likeness (QED) is 0.687. The molecule has 0 unspecified atom stereocenters. The molecule has 0 aliphatic heterocycles. The number of nitrogens with one attached hydrogen (secondary N) is 1. The van der Waals surface area contributed by atoms with Crippen LogP contribution in [0.2, 0.25) is 0 Å². The smallest absolute Gasteiger partial charge is 0.512 e. The van der Waals surface area contributed by atoms with Crippen LogP contribution in [0.5, 0.6) is 5.75 Å². The minimum Gasteiger partial charge on any atom is -0.512 e. The van der Waals surface area contributed by atoms with E-state index in [1.165, 1.54) is 0 Å². The summed E-state index contributed by atoms with van der Waals surface area (Å²) in [5.41, 5.74) is 0.752. The lowest BCUT2D eigenvalue weighted by Gasteiger charge is -2.08. The SMILES string of the molecule is OB(O)Oc1cccc(Nc2ccccn2)c1. The fourth-order valence-electron chi connectivity index (χ4n) is 1.35. The zero-order valence-corrected chi connectivity index (χ0v) is 8.95. The molecule has 0 fully saturated rings. The first-order chi connectivity index (χ1) is 8.24. The first-order valence-corrected chi connectivity index (χ1v) is 5.05. The molecular formula is C11H11BN2O3. The van der Waals surface area contributed by atoms with E-state index in [1.807, 2.05) is 24.3 Å². The minimum atomic E-state index is -1.82. The lowest BCUT2D eigenvalue weighted by Crippen LogP contribution is -2.20. The summed E-state index contributed by atoms with van der Waals surface area (Å²) in [6.45, 7) is 0. The molecule has 0 radical (unpaired) electrons. The average molecular weight is 230 g/mol. The summed E-state index contributed by atoms with van der Waals surface area (Å²) >= 11 is 0. The topological polar surface area (TPSA) is 74.6 Å². The summed E-state index contributed by atoms with van der Waals surface area (Å²) < 4.78 is 4.74. The van der Waals surface area contributed by atoms with E-state index in [9.17, 15) is 0 Å². The normalized spacial score (nSPS) is 9.76. The van der Waals surface area contributed by atoms with Gasteiger partial charge in [-0.1, -0.05) is 12.1 Å². The van der Waals surface area contributed by atoms with Crippen molar-refractivity contribution >= 4 is 18.8 Å². The Morgan fingerprint density at radius 3 is 2.71 bits per heavy atom. The largest absolute Gasteiger partial charge is 0.707 e. The van der Waals surface area contributed by atoms with E-state index >= 15 is 0 Å². The summed E-state index contributed by atoms with van der Waals surface area (Å²) in [4.78, 5) is 4.11. The van der Waals surface area contributed by atoms with Crippen molar-refractivity contribution in [1.29, 1.82) is 0 Å². The van der Waals surface area contributed by atoms with Gasteiger partial charge in [-0.05, 0) is 24.3 Å². The Balaban J connectivity index is 2.11. The maximum absolute atomic E-state index is 8.69. The van der Waals surface area contributed by atoms with Crippen LogP contribution >= 0.6 is 0 Å². The van der Waals surface area contributed by atoms with E-state index in [-0.39, 0.29) is 0 Å². The van der Waals surface area contributed by atoms with Crippen molar-refractivity contribution in [2.24, 2.45) is 0 Å². The molecule has 0 saturated heterocycles. The zero-order valence-electron chi connectivity index (χ0n) is 8.95. The van der Waals surface area contributed by atoms with Crippen LogP contribution in [0.1, 0.15) is 0 Å². The van der Waals surface area contributed by atoms with Crippen LogP contribution < -0.4 is 9.97 Å². The fourth-order valence-corrected chi connectivity index (χ4v) is 1.35. The van der Waals surface area contributed by atoms with Crippen LogP contribution in [0.4, 0.5) is 11.5 Å². The molecule has 0 saturated carbocycles. The molecular weight excluding hydrogens is 219 g/mol. The lowest BCUT2D eigenvalue weighted by atomic mass is 10.2. The third kappa shape index (κ3) is 3.48. The Labute approximate surface area is 98.9 Å². The fraction of sp³-hybridized carbons (Fsp3) is 0. The number of benzene rings is 1. The van der Waals surface area contributed by atoms with Gasteiger partial charge in [-0.3, -0.25) is 0 Å². The molecule has 2 aromatic rings. The standard InChI is InChI=1S/C11H11BN2O3/c15-12(16)17-10-5-3-4-9(8-10)14-11-6-1-2-7-13-11/h1-8,15-16H,(H,13,14). The number of pyridine rings is 1. The van der Waals surface area contributed by atoms with E-state index in [2.05, 4.69) is 10.3 Å². The summed E-state index contributed by atoms with van der Waals surface area (Å²) in [7, 11) is -1.82. The first kappa shape index (κ1) is 11.4. The van der Waals surface area contributed by atoms with Crippen LogP contribution in [0.3, 0.4) is 0 Å². The second-order valence-corrected chi connectivity index (χ2v) is 3.31. The number of hydrogen-bond donors (Lipinski definition) is 3. The maximum atomic E-state index is 8.69. The highest BCUT2D eigenvalue weighted by Crippen LogP contribution is 2.20. The van der Waals surface area contributed by atoms with Crippen LogP contribution in [0.15, 0.2) is 48.7 Å². The van der Waals surface area contributed by atoms with E-state index in [4.69, 9.17) is 14.7 Å². The maximum Gasteiger partial charge on any atom is 0.707 e. The number of rotatable bonds is 4. The van der Waals surface area contributed by atoms with E-state index in [0.29, 0.717) is 11.6 Å². The van der Waals surface area contributed by atoms with Crippen molar-refractivity contribution in [2.75, 3.05) is 5.32 Å². The monoisotopic (exact) mass is 230 g/mol. The second-order valence-electron chi connectivity index (χ2n) is 3.31. The highest BCUT2D eigenvalue weighted by atomic mass is 16.6. The number of anilines is 2. The van der Waals surface area contributed by atoms with E-state index in [1.54, 1.807) is 24.4 Å². The van der Waals surface area contributed by atoms with Gasteiger partial charge in [0.1, 0.15) is 11.6 Å². The molecule has 0 aliphatic rings. The van der Waals surface area contributed by atoms with Gasteiger partial charge in [0, 0.05) is 18.0 Å². The zero-order chi connectivity index (χ0) is 12.1. The second kappa shape index (κ2) is 5.33. The first-order valence-electron chi connectivity index (χ1n) is 5.05. The van der Waals surface area contributed by atoms with E-state index in [0.717, 1.165) is 5.69 Å². The molecule has 6 heteroatoms. The molecule has 0 atom stereocenters. The predicted molar refractivity (Wildman–Crippen MR) is 64.8 cm³/mol. The van der Waals surface area contributed by atoms with Crippen molar-refractivity contribution in [3.63, 3.8) is 0 Å². The molecule has 1 heterocycles. The molecule has 0 bridgehead atoms. The number of nitrogens with zero attached hydrogens (tertiary/aromatic N) is 1. The molecule has 5 nitrogen and oxygen atoms in total. The summed E-state index contributed by atoms with van der Waals surface area (Å²) in [5.74, 6) is 1.06. The van der Waals surface area contributed by atoms with Crippen molar-refractivity contribution in [3.05, 3.63) is 48.7 Å². The van der Waals surface area contributed by atoms with Crippen LogP contribution in [0.25, 0.3) is 0 Å². The van der Waals surface area contributed by atoms with Crippen LogP contribution in [-0.2, 0) is 0 Å². The van der Waals surface area contributed by atoms with Gasteiger partial charge in [0.2, 0.25) is 0 Å². The van der Waals surface area contributed by atoms with Crippen molar-refractivity contribution < 1.29 is 14.7 Å². The van der Waals surface area contributed by atoms with Crippen LogP contribution in [-0.4, -0.2) is 22.4 Å². The molecule has 2 rings (SSSR count). The van der Waals surface area contributed by atoms with Gasteiger partial charge in [0.05, 0.1) is 0 Å². The molecule has 0 amide bonds. The highest BCUT2D eigenvalue weighted by Gasteiger charge is 2.11. The molecule has 17 heavy (non-hydrogen) atoms. The van der Waals surface area contributed by atoms with E-state index < -0.39 is 7.32 Å². The van der Waals surface area contributed by atoms with Gasteiger partial charge < -0.3 is 20.0 Å². The summed E-state index contributed by atoms with van der Waals surface area (Å²) in [5, 5.41) is 20.4. The Bertz CT molecular complexity index is 479. The number of hydrogen-bond acceptors (Lipinski definition) is 5. The van der Waals surface area contributed by atoms with Gasteiger partial charge in [0.25, 0.3) is 0 Å². The molecule has 1 aromatic carbocycles. The predicted octanol–water partition coefficient (Wildman–Crippen LogP) is 1.17. The van der Waals surface area contributed by atoms with Crippen LogP contribution in [0, 0.1) is 0 Å². The van der Waals surface area contributed by atoms with Gasteiger partial charge in [-0.25, -0.2) is 4.98 Å². The van der Waals surface area contributed by atoms with Gasteiger partial charge in [-0.2, -0.15) is 0 Å². The Hall–Kier alpha value is -2.05. The number of aromatic nitrogens is 1. The Morgan fingerprint density at radius 2 is 2.00 bits per heavy atom. The van der Waals surface area contributed by atoms with Crippen molar-refractivity contribution in [2.45, 2.75) is 0 Å². The van der Waals surface area contributed by atoms with Gasteiger partial charge >= 0.3 is 7.32 Å². The van der Waals surface area contributed by atoms with Crippen molar-refractivity contribution in [3.8, 4) is 5.75 Å². The van der Waals surface area contributed by atoms with Gasteiger partial charge in [-0.15, -0.1) is 0 Å². The lowest BCUT2D eigenvalue weighted by molar-refractivity contribution is 0.288. The summed E-state index contributed by atoms with van der Waals surface area (Å²) in [6, 6.07) is 12.4. The molecule has 86 valence electrons. The highest BCUT2D eigenvalue weighted by molar-refractivity contribution is 6.33. The molecule has 0 spiro atoms. The minimum absolute atomic E-state index is 0.362. The molecule has 1 aromatic heterocycles.